The van der Waals surface area contributed by atoms with Gasteiger partial charge in [-0.25, -0.2) is 0 Å². The number of hydrogen-bond acceptors (Lipinski definition) is 4. The molecular formula is C22H36ClN3O. The Morgan fingerprint density at radius 3 is 2.63 bits per heavy atom. The first-order chi connectivity index (χ1) is 12.8. The van der Waals surface area contributed by atoms with Crippen molar-refractivity contribution in [3.05, 3.63) is 23.8 Å². The summed E-state index contributed by atoms with van der Waals surface area (Å²) in [7, 11) is 0. The molecule has 0 spiro atoms. The molecule has 0 radical (unpaired) electrons. The van der Waals surface area contributed by atoms with E-state index in [0.29, 0.717) is 11.9 Å². The molecule has 0 aliphatic carbocycles. The average Bonchev–Trinajstić information content (AvgIpc) is 3.30. The summed E-state index contributed by atoms with van der Waals surface area (Å²) in [4.78, 5) is 4.56. The van der Waals surface area contributed by atoms with Gasteiger partial charge in [0.1, 0.15) is 5.52 Å². The number of oxazole rings is 1. The zero-order valence-electron chi connectivity index (χ0n) is 16.8. The lowest BCUT2D eigenvalue weighted by atomic mass is 10.0. The first kappa shape index (κ1) is 22.0. The number of fused-ring (bicyclic) bond motifs is 1. The second-order valence-corrected chi connectivity index (χ2v) is 7.79. The Balaban J connectivity index is 0.00000261. The molecule has 1 saturated heterocycles. The molecule has 4 nitrogen and oxygen atoms in total. The van der Waals surface area contributed by atoms with E-state index < -0.39 is 0 Å². The van der Waals surface area contributed by atoms with Crippen molar-refractivity contribution in [1.82, 2.24) is 10.3 Å². The average molecular weight is 394 g/mol. The Hall–Kier alpha value is -1.26. The van der Waals surface area contributed by atoms with E-state index in [1.165, 1.54) is 63.4 Å². The van der Waals surface area contributed by atoms with E-state index in [-0.39, 0.29) is 12.4 Å². The first-order valence-electron chi connectivity index (χ1n) is 10.7. The van der Waals surface area contributed by atoms with Crippen LogP contribution in [0.15, 0.2) is 22.6 Å². The van der Waals surface area contributed by atoms with E-state index in [2.05, 4.69) is 40.7 Å². The molecule has 27 heavy (non-hydrogen) atoms. The van der Waals surface area contributed by atoms with E-state index in [4.69, 9.17) is 4.42 Å². The quantitative estimate of drug-likeness (QED) is 0.437. The molecule has 2 aromatic rings. The van der Waals surface area contributed by atoms with Crippen LogP contribution in [-0.4, -0.2) is 24.6 Å². The first-order valence-corrected chi connectivity index (χ1v) is 10.7. The van der Waals surface area contributed by atoms with Gasteiger partial charge in [-0.2, -0.15) is 4.98 Å². The number of anilines is 1. The Morgan fingerprint density at radius 1 is 1.11 bits per heavy atom. The number of benzene rings is 1. The highest BCUT2D eigenvalue weighted by Crippen LogP contribution is 2.22. The van der Waals surface area contributed by atoms with Crippen LogP contribution in [0.1, 0.15) is 70.3 Å². The predicted octanol–water partition coefficient (Wildman–Crippen LogP) is 5.95. The molecule has 3 rings (SSSR count). The number of rotatable bonds is 12. The lowest BCUT2D eigenvalue weighted by Gasteiger charge is -2.07. The van der Waals surface area contributed by atoms with Crippen LogP contribution in [0.25, 0.3) is 11.1 Å². The van der Waals surface area contributed by atoms with Crippen LogP contribution in [0.5, 0.6) is 0 Å². The Kier molecular flexibility index (Phi) is 10.00. The summed E-state index contributed by atoms with van der Waals surface area (Å²) < 4.78 is 5.91. The van der Waals surface area contributed by atoms with Gasteiger partial charge in [0.2, 0.25) is 0 Å². The number of nitrogens with one attached hydrogen (secondary N) is 2. The summed E-state index contributed by atoms with van der Waals surface area (Å²) in [5.41, 5.74) is 3.23. The molecule has 152 valence electrons. The van der Waals surface area contributed by atoms with E-state index in [1.807, 2.05) is 0 Å². The van der Waals surface area contributed by atoms with Crippen LogP contribution in [0, 0.1) is 5.92 Å². The molecule has 0 unspecified atom stereocenters. The van der Waals surface area contributed by atoms with Crippen molar-refractivity contribution in [3.8, 4) is 0 Å². The number of halogens is 1. The lowest BCUT2D eigenvalue weighted by Crippen LogP contribution is -2.17. The van der Waals surface area contributed by atoms with Gasteiger partial charge in [-0.3, -0.25) is 0 Å². The molecule has 2 heterocycles. The summed E-state index contributed by atoms with van der Waals surface area (Å²) in [5.74, 6) is 0.683. The molecular weight excluding hydrogens is 358 g/mol. The van der Waals surface area contributed by atoms with Crippen molar-refractivity contribution in [3.63, 3.8) is 0 Å². The molecule has 1 aliphatic heterocycles. The van der Waals surface area contributed by atoms with Crippen molar-refractivity contribution >= 4 is 29.5 Å². The summed E-state index contributed by atoms with van der Waals surface area (Å²) in [5, 5.41) is 6.75. The van der Waals surface area contributed by atoms with Gasteiger partial charge >= 0.3 is 0 Å². The van der Waals surface area contributed by atoms with Crippen LogP contribution in [0.3, 0.4) is 0 Å². The molecule has 1 aliphatic rings. The fraction of sp³-hybridized carbons (Fsp3) is 0.682. The number of aromatic nitrogens is 1. The second kappa shape index (κ2) is 12.2. The van der Waals surface area contributed by atoms with E-state index >= 15 is 0 Å². The molecule has 0 bridgehead atoms. The number of aryl methyl sites for hydroxylation is 1. The number of hydrogen-bond donors (Lipinski definition) is 2. The van der Waals surface area contributed by atoms with Crippen LogP contribution in [0.4, 0.5) is 6.01 Å². The van der Waals surface area contributed by atoms with E-state index in [9.17, 15) is 0 Å². The van der Waals surface area contributed by atoms with Gasteiger partial charge in [0.05, 0.1) is 0 Å². The van der Waals surface area contributed by atoms with Gasteiger partial charge in [-0.15, -0.1) is 12.4 Å². The zero-order chi connectivity index (χ0) is 18.0. The Bertz CT molecular complexity index is 652. The van der Waals surface area contributed by atoms with Crippen molar-refractivity contribution in [2.75, 3.05) is 25.0 Å². The fourth-order valence-electron chi connectivity index (χ4n) is 3.78. The topological polar surface area (TPSA) is 50.1 Å². The molecule has 1 aromatic carbocycles. The number of nitrogens with zero attached hydrogens (tertiary/aromatic N) is 1. The molecule has 1 atom stereocenters. The summed E-state index contributed by atoms with van der Waals surface area (Å²) in [6.07, 6.45) is 13.3. The summed E-state index contributed by atoms with van der Waals surface area (Å²) in [6, 6.07) is 7.14. The van der Waals surface area contributed by atoms with E-state index in [1.54, 1.807) is 0 Å². The van der Waals surface area contributed by atoms with Gasteiger partial charge in [0.15, 0.2) is 5.58 Å². The standard InChI is InChI=1S/C22H35N3O.ClH/c1-2-3-4-5-6-7-8-9-10-18-11-12-20-21(15-18)26-22(25-20)24-17-19-13-14-23-16-19;/h11-12,15,19,23H,2-10,13-14,16-17H2,1H3,(H,24,25);1H/t19-;/m0./s1. The van der Waals surface area contributed by atoms with Crippen molar-refractivity contribution in [1.29, 1.82) is 0 Å². The van der Waals surface area contributed by atoms with Crippen LogP contribution < -0.4 is 10.6 Å². The monoisotopic (exact) mass is 393 g/mol. The zero-order valence-corrected chi connectivity index (χ0v) is 17.6. The Morgan fingerprint density at radius 2 is 1.89 bits per heavy atom. The highest BCUT2D eigenvalue weighted by atomic mass is 35.5. The van der Waals surface area contributed by atoms with Crippen LogP contribution in [-0.2, 0) is 6.42 Å². The molecule has 1 aromatic heterocycles. The van der Waals surface area contributed by atoms with E-state index in [0.717, 1.165) is 37.2 Å². The van der Waals surface area contributed by atoms with Crippen molar-refractivity contribution < 1.29 is 4.42 Å². The molecule has 0 amide bonds. The largest absolute Gasteiger partial charge is 0.424 e. The predicted molar refractivity (Wildman–Crippen MR) is 117 cm³/mol. The third kappa shape index (κ3) is 7.34. The highest BCUT2D eigenvalue weighted by molar-refractivity contribution is 5.85. The fourth-order valence-corrected chi connectivity index (χ4v) is 3.78. The normalized spacial score (nSPS) is 16.6. The van der Waals surface area contributed by atoms with Gasteiger partial charge in [-0.05, 0) is 56.0 Å². The van der Waals surface area contributed by atoms with Gasteiger partial charge in [0, 0.05) is 6.54 Å². The SMILES string of the molecule is CCCCCCCCCCc1ccc2nc(NC[C@H]3CCNC3)oc2c1.Cl. The van der Waals surface area contributed by atoms with Crippen molar-refractivity contribution in [2.24, 2.45) is 5.92 Å². The maximum atomic E-state index is 5.91. The molecule has 0 saturated carbocycles. The lowest BCUT2D eigenvalue weighted by molar-refractivity contribution is 0.572. The van der Waals surface area contributed by atoms with Crippen LogP contribution in [0.2, 0.25) is 0 Å². The molecule has 2 N–H and O–H groups in total. The van der Waals surface area contributed by atoms with Gasteiger partial charge < -0.3 is 15.1 Å². The maximum Gasteiger partial charge on any atom is 0.295 e. The summed E-state index contributed by atoms with van der Waals surface area (Å²) in [6.45, 7) is 5.43. The maximum absolute atomic E-state index is 5.91. The smallest absolute Gasteiger partial charge is 0.295 e. The second-order valence-electron chi connectivity index (χ2n) is 7.79. The van der Waals surface area contributed by atoms with Gasteiger partial charge in [-0.1, -0.05) is 57.9 Å². The Labute approximate surface area is 170 Å². The minimum Gasteiger partial charge on any atom is -0.424 e. The third-order valence-corrected chi connectivity index (χ3v) is 5.48. The highest BCUT2D eigenvalue weighted by Gasteiger charge is 2.15. The minimum atomic E-state index is 0. The van der Waals surface area contributed by atoms with Crippen molar-refractivity contribution in [2.45, 2.75) is 71.1 Å². The van der Waals surface area contributed by atoms with Gasteiger partial charge in [0.25, 0.3) is 6.01 Å². The molecule has 5 heteroatoms. The molecule has 1 fully saturated rings. The third-order valence-electron chi connectivity index (χ3n) is 5.48. The minimum absolute atomic E-state index is 0. The van der Waals surface area contributed by atoms with Crippen LogP contribution >= 0.6 is 12.4 Å². The summed E-state index contributed by atoms with van der Waals surface area (Å²) >= 11 is 0. The number of unbranched alkanes of at least 4 members (excludes halogenated alkanes) is 7.